The second-order valence-electron chi connectivity index (χ2n) is 1.21. The van der Waals surface area contributed by atoms with Gasteiger partial charge < -0.3 is 11.5 Å². The van der Waals surface area contributed by atoms with Crippen LogP contribution in [0.15, 0.2) is 0 Å². The van der Waals surface area contributed by atoms with Gasteiger partial charge in [-0.1, -0.05) is 0 Å². The van der Waals surface area contributed by atoms with Crippen molar-refractivity contribution < 1.29 is 4.79 Å². The quantitative estimate of drug-likeness (QED) is 0.475. The van der Waals surface area contributed by atoms with E-state index in [1.54, 1.807) is 0 Å². The molecule has 0 atom stereocenters. The highest BCUT2D eigenvalue weighted by molar-refractivity contribution is 7.80. The first-order valence-corrected chi connectivity index (χ1v) is 2.76. The van der Waals surface area contributed by atoms with E-state index in [4.69, 9.17) is 0 Å². The van der Waals surface area contributed by atoms with E-state index in [1.807, 2.05) is 0 Å². The second-order valence-corrected chi connectivity index (χ2v) is 1.65. The number of thiol groups is 1. The zero-order valence-electron chi connectivity index (χ0n) is 4.98. The average molecular weight is 136 g/mol. The summed E-state index contributed by atoms with van der Waals surface area (Å²) in [7, 11) is 0. The van der Waals surface area contributed by atoms with Gasteiger partial charge in [-0.25, -0.2) is 0 Å². The number of rotatable bonds is 2. The first-order valence-electron chi connectivity index (χ1n) is 2.12. The molecular formula is C4H12N2OS. The maximum absolute atomic E-state index is 10.1. The molecule has 0 bridgehead atoms. The van der Waals surface area contributed by atoms with Crippen LogP contribution < -0.4 is 11.5 Å². The molecule has 0 aliphatic rings. The number of hydrogen-bond donors (Lipinski definition) is 3. The standard InChI is InChI=1S/C4H9NOS.H3N/c1-4(6)5-2-3-7;/h7H,2-3H2,1H3,(H,5,6);1H3. The summed E-state index contributed by atoms with van der Waals surface area (Å²) in [5.74, 6) is 0.716. The van der Waals surface area contributed by atoms with Crippen molar-refractivity contribution in [2.75, 3.05) is 12.3 Å². The minimum Gasteiger partial charge on any atom is -0.356 e. The highest BCUT2D eigenvalue weighted by atomic mass is 32.1. The first-order chi connectivity index (χ1) is 3.27. The molecule has 8 heavy (non-hydrogen) atoms. The van der Waals surface area contributed by atoms with Gasteiger partial charge in [0.05, 0.1) is 0 Å². The van der Waals surface area contributed by atoms with Crippen molar-refractivity contribution in [1.82, 2.24) is 11.5 Å². The van der Waals surface area contributed by atoms with E-state index in [0.717, 1.165) is 0 Å². The monoisotopic (exact) mass is 136 g/mol. The first kappa shape index (κ1) is 10.7. The fourth-order valence-corrected chi connectivity index (χ4v) is 0.344. The third kappa shape index (κ3) is 9.24. The zero-order valence-corrected chi connectivity index (χ0v) is 5.87. The molecule has 0 unspecified atom stereocenters. The molecule has 0 rings (SSSR count). The van der Waals surface area contributed by atoms with E-state index in [-0.39, 0.29) is 12.1 Å². The Kier molecular flexibility index (Phi) is 9.07. The Morgan fingerprint density at radius 1 is 1.75 bits per heavy atom. The molecule has 0 aromatic rings. The Morgan fingerprint density at radius 2 is 2.25 bits per heavy atom. The van der Waals surface area contributed by atoms with Crippen LogP contribution in [0.2, 0.25) is 0 Å². The van der Waals surface area contributed by atoms with Crippen LogP contribution in [0, 0.1) is 0 Å². The second kappa shape index (κ2) is 6.78. The fourth-order valence-electron chi connectivity index (χ4n) is 0.232. The van der Waals surface area contributed by atoms with Crippen molar-refractivity contribution >= 4 is 18.5 Å². The Morgan fingerprint density at radius 3 is 2.38 bits per heavy atom. The van der Waals surface area contributed by atoms with Crippen LogP contribution in [0.4, 0.5) is 0 Å². The number of carbonyl (C=O) groups excluding carboxylic acids is 1. The average Bonchev–Trinajstić information content (AvgIpc) is 1.61. The minimum absolute atomic E-state index is 0. The van der Waals surface area contributed by atoms with Crippen molar-refractivity contribution in [3.8, 4) is 0 Å². The highest BCUT2D eigenvalue weighted by Crippen LogP contribution is 1.66. The van der Waals surface area contributed by atoms with Crippen LogP contribution in [0.1, 0.15) is 6.92 Å². The molecule has 0 fully saturated rings. The molecule has 4 N–H and O–H groups in total. The van der Waals surface area contributed by atoms with Gasteiger partial charge in [0.1, 0.15) is 0 Å². The van der Waals surface area contributed by atoms with Gasteiger partial charge in [-0.3, -0.25) is 4.79 Å². The lowest BCUT2D eigenvalue weighted by atomic mass is 10.6. The van der Waals surface area contributed by atoms with E-state index in [2.05, 4.69) is 17.9 Å². The third-order valence-corrected chi connectivity index (χ3v) is 0.709. The number of nitrogens with one attached hydrogen (secondary N) is 1. The summed E-state index contributed by atoms with van der Waals surface area (Å²) < 4.78 is 0. The smallest absolute Gasteiger partial charge is 0.216 e. The maximum atomic E-state index is 10.1. The predicted molar refractivity (Wildman–Crippen MR) is 37.6 cm³/mol. The summed E-state index contributed by atoms with van der Waals surface area (Å²) in [6.45, 7) is 2.15. The molecule has 50 valence electrons. The molecule has 0 spiro atoms. The van der Waals surface area contributed by atoms with Gasteiger partial charge in [0.15, 0.2) is 0 Å². The SMILES string of the molecule is CC(=O)NCCS.N. The van der Waals surface area contributed by atoms with E-state index in [1.165, 1.54) is 6.92 Å². The fraction of sp³-hybridized carbons (Fsp3) is 0.750. The molecule has 0 aliphatic carbocycles. The Labute approximate surface area is 54.8 Å². The van der Waals surface area contributed by atoms with Crippen LogP contribution in [0.25, 0.3) is 0 Å². The van der Waals surface area contributed by atoms with Gasteiger partial charge in [-0.05, 0) is 0 Å². The number of hydrogen-bond acceptors (Lipinski definition) is 3. The van der Waals surface area contributed by atoms with E-state index < -0.39 is 0 Å². The molecule has 0 aromatic carbocycles. The summed E-state index contributed by atoms with van der Waals surface area (Å²) in [4.78, 5) is 10.1. The Balaban J connectivity index is 0. The molecular weight excluding hydrogens is 124 g/mol. The number of amides is 1. The summed E-state index contributed by atoms with van der Waals surface area (Å²) in [6.07, 6.45) is 0. The van der Waals surface area contributed by atoms with E-state index >= 15 is 0 Å². The predicted octanol–water partition coefficient (Wildman–Crippen LogP) is 0.214. The van der Waals surface area contributed by atoms with Crippen molar-refractivity contribution in [3.63, 3.8) is 0 Å². The van der Waals surface area contributed by atoms with Gasteiger partial charge in [-0.2, -0.15) is 12.6 Å². The van der Waals surface area contributed by atoms with E-state index in [0.29, 0.717) is 12.3 Å². The Hall–Kier alpha value is -0.220. The molecule has 0 radical (unpaired) electrons. The maximum Gasteiger partial charge on any atom is 0.216 e. The lowest BCUT2D eigenvalue weighted by Gasteiger charge is -1.93. The lowest BCUT2D eigenvalue weighted by molar-refractivity contribution is -0.118. The van der Waals surface area contributed by atoms with Crippen LogP contribution in [0.3, 0.4) is 0 Å². The zero-order chi connectivity index (χ0) is 5.70. The van der Waals surface area contributed by atoms with Crippen LogP contribution in [-0.4, -0.2) is 18.2 Å². The van der Waals surface area contributed by atoms with Crippen LogP contribution >= 0.6 is 12.6 Å². The van der Waals surface area contributed by atoms with Crippen molar-refractivity contribution in [1.29, 1.82) is 0 Å². The van der Waals surface area contributed by atoms with Gasteiger partial charge in [0.2, 0.25) is 5.91 Å². The molecule has 0 aromatic heterocycles. The van der Waals surface area contributed by atoms with Crippen molar-refractivity contribution in [3.05, 3.63) is 0 Å². The Bertz CT molecular complexity index is 67.1. The van der Waals surface area contributed by atoms with Gasteiger partial charge >= 0.3 is 0 Å². The van der Waals surface area contributed by atoms with Crippen molar-refractivity contribution in [2.24, 2.45) is 0 Å². The molecule has 1 amide bonds. The topological polar surface area (TPSA) is 64.1 Å². The largest absolute Gasteiger partial charge is 0.356 e. The summed E-state index contributed by atoms with van der Waals surface area (Å²) in [6, 6.07) is 0. The molecule has 0 heterocycles. The summed E-state index contributed by atoms with van der Waals surface area (Å²) in [5, 5.41) is 2.58. The molecule has 3 nitrogen and oxygen atoms in total. The number of carbonyl (C=O) groups is 1. The minimum atomic E-state index is 0. The summed E-state index contributed by atoms with van der Waals surface area (Å²) >= 11 is 3.88. The van der Waals surface area contributed by atoms with Crippen LogP contribution in [0.5, 0.6) is 0 Å². The highest BCUT2D eigenvalue weighted by Gasteiger charge is 1.83. The van der Waals surface area contributed by atoms with Crippen LogP contribution in [-0.2, 0) is 4.79 Å². The lowest BCUT2D eigenvalue weighted by Crippen LogP contribution is -2.21. The van der Waals surface area contributed by atoms with Crippen molar-refractivity contribution in [2.45, 2.75) is 6.92 Å². The third-order valence-electron chi connectivity index (χ3n) is 0.486. The molecule has 0 saturated heterocycles. The van der Waals surface area contributed by atoms with Gasteiger partial charge in [-0.15, -0.1) is 0 Å². The normalized spacial score (nSPS) is 7.25. The van der Waals surface area contributed by atoms with Gasteiger partial charge in [0, 0.05) is 19.2 Å². The molecule has 4 heteroatoms. The van der Waals surface area contributed by atoms with E-state index in [9.17, 15) is 4.79 Å². The van der Waals surface area contributed by atoms with Gasteiger partial charge in [0.25, 0.3) is 0 Å². The molecule has 0 aliphatic heterocycles. The molecule has 0 saturated carbocycles. The summed E-state index contributed by atoms with van der Waals surface area (Å²) in [5.41, 5.74) is 0.